The monoisotopic (exact) mass is 181 g/mol. The topological polar surface area (TPSA) is 66.4 Å². The van der Waals surface area contributed by atoms with Crippen molar-refractivity contribution in [1.82, 2.24) is 5.32 Å². The Hall–Kier alpha value is -0.130. The highest BCUT2D eigenvalue weighted by molar-refractivity contribution is 7.85. The Kier molecular flexibility index (Phi) is 3.47. The Morgan fingerprint density at radius 1 is 1.45 bits per heavy atom. The molecule has 2 N–H and O–H groups in total. The molecule has 0 saturated carbocycles. The molecule has 0 radical (unpaired) electrons. The number of nitrogens with one attached hydrogen (secondary N) is 1. The van der Waals surface area contributed by atoms with Crippen LogP contribution in [-0.2, 0) is 10.1 Å². The Morgan fingerprint density at radius 3 is 2.18 bits per heavy atom. The standard InChI is InChI=1S/C6H15NO3S/c1-6(2,7-3)4-5-11(8,9)10/h7H,4-5H2,1-3H3,(H,8,9,10). The lowest BCUT2D eigenvalue weighted by Crippen LogP contribution is -2.37. The zero-order chi connectivity index (χ0) is 9.12. The molecule has 0 aromatic heterocycles. The maximum atomic E-state index is 10.3. The zero-order valence-electron chi connectivity index (χ0n) is 7.09. The molecule has 0 aliphatic carbocycles. The molecule has 0 bridgehead atoms. The van der Waals surface area contributed by atoms with E-state index in [4.69, 9.17) is 4.55 Å². The summed E-state index contributed by atoms with van der Waals surface area (Å²) in [7, 11) is -2.05. The van der Waals surface area contributed by atoms with E-state index in [1.54, 1.807) is 7.05 Å². The second-order valence-corrected chi connectivity index (χ2v) is 4.74. The van der Waals surface area contributed by atoms with Gasteiger partial charge >= 0.3 is 0 Å². The highest BCUT2D eigenvalue weighted by Gasteiger charge is 2.17. The van der Waals surface area contributed by atoms with E-state index in [1.165, 1.54) is 0 Å². The molecule has 0 rings (SSSR count). The normalized spacial score (nSPS) is 13.5. The summed E-state index contributed by atoms with van der Waals surface area (Å²) in [6.45, 7) is 3.75. The van der Waals surface area contributed by atoms with Crippen LogP contribution in [0.3, 0.4) is 0 Å². The van der Waals surface area contributed by atoms with Crippen molar-refractivity contribution in [3.8, 4) is 0 Å². The van der Waals surface area contributed by atoms with Crippen LogP contribution in [0.2, 0.25) is 0 Å². The molecule has 0 spiro atoms. The van der Waals surface area contributed by atoms with Gasteiger partial charge in [0.05, 0.1) is 5.75 Å². The summed E-state index contributed by atoms with van der Waals surface area (Å²) in [5, 5.41) is 2.94. The van der Waals surface area contributed by atoms with Crippen LogP contribution in [0.5, 0.6) is 0 Å². The van der Waals surface area contributed by atoms with Crippen LogP contribution >= 0.6 is 0 Å². The second-order valence-electron chi connectivity index (χ2n) is 3.17. The molecule has 5 heteroatoms. The molecule has 11 heavy (non-hydrogen) atoms. The van der Waals surface area contributed by atoms with E-state index in [0.29, 0.717) is 6.42 Å². The van der Waals surface area contributed by atoms with Crippen LogP contribution in [0.4, 0.5) is 0 Å². The van der Waals surface area contributed by atoms with Gasteiger partial charge in [-0.2, -0.15) is 8.42 Å². The third-order valence-electron chi connectivity index (χ3n) is 1.66. The number of rotatable bonds is 4. The first-order valence-electron chi connectivity index (χ1n) is 3.41. The molecule has 0 heterocycles. The van der Waals surface area contributed by atoms with Crippen LogP contribution in [0.1, 0.15) is 20.3 Å². The lowest BCUT2D eigenvalue weighted by atomic mass is 10.0. The Bertz CT molecular complexity index is 208. The highest BCUT2D eigenvalue weighted by atomic mass is 32.2. The molecule has 0 unspecified atom stereocenters. The van der Waals surface area contributed by atoms with Crippen LogP contribution in [0.25, 0.3) is 0 Å². The SMILES string of the molecule is CNC(C)(C)CCS(=O)(=O)O. The van der Waals surface area contributed by atoms with Gasteiger partial charge in [-0.1, -0.05) is 0 Å². The van der Waals surface area contributed by atoms with Crippen LogP contribution in [0, 0.1) is 0 Å². The van der Waals surface area contributed by atoms with Crippen molar-refractivity contribution >= 4 is 10.1 Å². The second kappa shape index (κ2) is 3.51. The molecular formula is C6H15NO3S. The van der Waals surface area contributed by atoms with Crippen molar-refractivity contribution in [2.75, 3.05) is 12.8 Å². The first-order chi connectivity index (χ1) is 4.77. The average Bonchev–Trinajstić information content (AvgIpc) is 1.83. The maximum absolute atomic E-state index is 10.3. The van der Waals surface area contributed by atoms with Gasteiger partial charge in [-0.3, -0.25) is 4.55 Å². The molecule has 0 amide bonds. The van der Waals surface area contributed by atoms with E-state index in [9.17, 15) is 8.42 Å². The molecule has 0 atom stereocenters. The van der Waals surface area contributed by atoms with Crippen LogP contribution < -0.4 is 5.32 Å². The molecule has 0 aliphatic heterocycles. The van der Waals surface area contributed by atoms with E-state index in [1.807, 2.05) is 13.8 Å². The third kappa shape index (κ3) is 6.28. The van der Waals surface area contributed by atoms with Gasteiger partial charge in [0.2, 0.25) is 0 Å². The summed E-state index contributed by atoms with van der Waals surface area (Å²) in [6, 6.07) is 0. The third-order valence-corrected chi connectivity index (χ3v) is 2.38. The highest BCUT2D eigenvalue weighted by Crippen LogP contribution is 2.07. The number of hydrogen-bond acceptors (Lipinski definition) is 3. The van der Waals surface area contributed by atoms with Crippen LogP contribution in [0.15, 0.2) is 0 Å². The molecule has 0 aromatic rings. The van der Waals surface area contributed by atoms with Crippen molar-refractivity contribution in [2.24, 2.45) is 0 Å². The minimum absolute atomic E-state index is 0.194. The van der Waals surface area contributed by atoms with Gasteiger partial charge in [0, 0.05) is 5.54 Å². The fourth-order valence-corrected chi connectivity index (χ4v) is 1.28. The van der Waals surface area contributed by atoms with Crippen molar-refractivity contribution < 1.29 is 13.0 Å². The van der Waals surface area contributed by atoms with E-state index < -0.39 is 10.1 Å². The minimum atomic E-state index is -3.81. The lowest BCUT2D eigenvalue weighted by molar-refractivity contribution is 0.400. The van der Waals surface area contributed by atoms with Gasteiger partial charge in [-0.05, 0) is 27.3 Å². The smallest absolute Gasteiger partial charge is 0.264 e. The van der Waals surface area contributed by atoms with Crippen molar-refractivity contribution in [2.45, 2.75) is 25.8 Å². The van der Waals surface area contributed by atoms with Gasteiger partial charge in [0.1, 0.15) is 0 Å². The van der Waals surface area contributed by atoms with Crippen molar-refractivity contribution in [3.63, 3.8) is 0 Å². The largest absolute Gasteiger partial charge is 0.315 e. The van der Waals surface area contributed by atoms with E-state index in [2.05, 4.69) is 5.32 Å². The minimum Gasteiger partial charge on any atom is -0.315 e. The Morgan fingerprint density at radius 2 is 1.91 bits per heavy atom. The predicted molar refractivity (Wildman–Crippen MR) is 44.2 cm³/mol. The van der Waals surface area contributed by atoms with E-state index >= 15 is 0 Å². The summed E-state index contributed by atoms with van der Waals surface area (Å²) in [5.41, 5.74) is -0.240. The van der Waals surface area contributed by atoms with Crippen LogP contribution in [-0.4, -0.2) is 31.3 Å². The molecule has 0 aliphatic rings. The summed E-state index contributed by atoms with van der Waals surface area (Å²) in [6.07, 6.45) is 0.405. The first-order valence-corrected chi connectivity index (χ1v) is 5.02. The van der Waals surface area contributed by atoms with Gasteiger partial charge < -0.3 is 5.32 Å². The predicted octanol–water partition coefficient (Wildman–Crippen LogP) is 0.262. The number of hydrogen-bond donors (Lipinski definition) is 2. The lowest BCUT2D eigenvalue weighted by Gasteiger charge is -2.22. The van der Waals surface area contributed by atoms with Gasteiger partial charge in [0.25, 0.3) is 10.1 Å². The zero-order valence-corrected chi connectivity index (χ0v) is 7.90. The molecule has 4 nitrogen and oxygen atoms in total. The summed E-state index contributed by atoms with van der Waals surface area (Å²) >= 11 is 0. The van der Waals surface area contributed by atoms with Gasteiger partial charge in [0.15, 0.2) is 0 Å². The Balaban J connectivity index is 3.90. The molecule has 0 saturated heterocycles. The van der Waals surface area contributed by atoms with E-state index in [0.717, 1.165) is 0 Å². The first kappa shape index (κ1) is 10.9. The fraction of sp³-hybridized carbons (Fsp3) is 1.00. The quantitative estimate of drug-likeness (QED) is 0.611. The molecular weight excluding hydrogens is 166 g/mol. The van der Waals surface area contributed by atoms with Gasteiger partial charge in [-0.25, -0.2) is 0 Å². The molecule has 0 aromatic carbocycles. The molecule has 68 valence electrons. The van der Waals surface area contributed by atoms with Crippen molar-refractivity contribution in [3.05, 3.63) is 0 Å². The average molecular weight is 181 g/mol. The summed E-state index contributed by atoms with van der Waals surface area (Å²) in [5.74, 6) is -0.194. The summed E-state index contributed by atoms with van der Waals surface area (Å²) in [4.78, 5) is 0. The Labute approximate surface area is 67.7 Å². The van der Waals surface area contributed by atoms with E-state index in [-0.39, 0.29) is 11.3 Å². The summed E-state index contributed by atoms with van der Waals surface area (Å²) < 4.78 is 29.1. The molecule has 0 fully saturated rings. The maximum Gasteiger partial charge on any atom is 0.264 e. The fourth-order valence-electron chi connectivity index (χ4n) is 0.509. The van der Waals surface area contributed by atoms with Crippen molar-refractivity contribution in [1.29, 1.82) is 0 Å². The van der Waals surface area contributed by atoms with Gasteiger partial charge in [-0.15, -0.1) is 0 Å².